The molecule has 96 valence electrons. The zero-order chi connectivity index (χ0) is 13.1. The fourth-order valence-corrected chi connectivity index (χ4v) is 2.49. The van der Waals surface area contributed by atoms with Gasteiger partial charge >= 0.3 is 0 Å². The van der Waals surface area contributed by atoms with Crippen LogP contribution >= 0.6 is 0 Å². The molecule has 3 rings (SSSR count). The zero-order valence-corrected chi connectivity index (χ0v) is 10.8. The van der Waals surface area contributed by atoms with Gasteiger partial charge in [0.05, 0.1) is 0 Å². The van der Waals surface area contributed by atoms with Gasteiger partial charge in [-0.15, -0.1) is 0 Å². The Labute approximate surface area is 113 Å². The van der Waals surface area contributed by atoms with Gasteiger partial charge in [0.15, 0.2) is 0 Å². The lowest BCUT2D eigenvalue weighted by atomic mass is 10.1. The van der Waals surface area contributed by atoms with E-state index in [1.165, 1.54) is 11.1 Å². The fourth-order valence-electron chi connectivity index (χ4n) is 2.49. The van der Waals surface area contributed by atoms with Crippen LogP contribution in [0.2, 0.25) is 0 Å². The van der Waals surface area contributed by atoms with Gasteiger partial charge < -0.3 is 5.11 Å². The van der Waals surface area contributed by atoms with Gasteiger partial charge in [-0.2, -0.15) is 0 Å². The van der Waals surface area contributed by atoms with E-state index in [4.69, 9.17) is 0 Å². The molecular formula is C17H17NO. The first-order valence-corrected chi connectivity index (χ1v) is 6.56. The van der Waals surface area contributed by atoms with Crippen LogP contribution in [0, 0.1) is 0 Å². The molecule has 2 aromatic rings. The van der Waals surface area contributed by atoms with Crippen molar-refractivity contribution in [3.63, 3.8) is 0 Å². The van der Waals surface area contributed by atoms with Crippen molar-refractivity contribution < 1.29 is 5.11 Å². The summed E-state index contributed by atoms with van der Waals surface area (Å²) in [5.41, 5.74) is 3.76. The van der Waals surface area contributed by atoms with Gasteiger partial charge in [0.1, 0.15) is 5.75 Å². The van der Waals surface area contributed by atoms with Crippen LogP contribution < -0.4 is 0 Å². The quantitative estimate of drug-likeness (QED) is 0.904. The molecule has 0 spiro atoms. The zero-order valence-electron chi connectivity index (χ0n) is 10.8. The summed E-state index contributed by atoms with van der Waals surface area (Å²) < 4.78 is 0. The van der Waals surface area contributed by atoms with Crippen molar-refractivity contribution >= 4 is 5.57 Å². The molecule has 0 bridgehead atoms. The Morgan fingerprint density at radius 1 is 1.00 bits per heavy atom. The van der Waals surface area contributed by atoms with E-state index in [9.17, 15) is 5.11 Å². The normalized spacial score (nSPS) is 15.5. The number of hydrogen-bond donors (Lipinski definition) is 1. The van der Waals surface area contributed by atoms with Crippen molar-refractivity contribution in [3.8, 4) is 5.75 Å². The SMILES string of the molecule is Oc1cccc(C2=CCN(Cc3ccccc3)C2)c1. The lowest BCUT2D eigenvalue weighted by Crippen LogP contribution is -2.19. The summed E-state index contributed by atoms with van der Waals surface area (Å²) >= 11 is 0. The van der Waals surface area contributed by atoms with Crippen LogP contribution in [-0.4, -0.2) is 23.1 Å². The van der Waals surface area contributed by atoms with E-state index >= 15 is 0 Å². The predicted molar refractivity (Wildman–Crippen MR) is 77.8 cm³/mol. The molecule has 2 heteroatoms. The number of aromatic hydroxyl groups is 1. The summed E-state index contributed by atoms with van der Waals surface area (Å²) in [6, 6.07) is 18.0. The van der Waals surface area contributed by atoms with E-state index in [0.29, 0.717) is 5.75 Å². The molecule has 0 radical (unpaired) electrons. The molecule has 0 unspecified atom stereocenters. The minimum atomic E-state index is 0.333. The molecule has 1 aliphatic heterocycles. The van der Waals surface area contributed by atoms with Gasteiger partial charge in [0.25, 0.3) is 0 Å². The third-order valence-corrected chi connectivity index (χ3v) is 3.46. The van der Waals surface area contributed by atoms with Gasteiger partial charge in [0, 0.05) is 19.6 Å². The molecule has 1 aliphatic rings. The molecule has 0 aromatic heterocycles. The van der Waals surface area contributed by atoms with Crippen molar-refractivity contribution in [1.29, 1.82) is 0 Å². The predicted octanol–water partition coefficient (Wildman–Crippen LogP) is 3.29. The number of benzene rings is 2. The van der Waals surface area contributed by atoms with E-state index in [1.54, 1.807) is 6.07 Å². The Bertz CT molecular complexity index is 589. The summed E-state index contributed by atoms with van der Waals surface area (Å²) in [6.07, 6.45) is 2.25. The highest BCUT2D eigenvalue weighted by Gasteiger charge is 2.15. The van der Waals surface area contributed by atoms with Crippen molar-refractivity contribution in [3.05, 3.63) is 71.8 Å². The summed E-state index contributed by atoms with van der Waals surface area (Å²) in [6.45, 7) is 2.89. The first-order valence-electron chi connectivity index (χ1n) is 6.56. The average molecular weight is 251 g/mol. The lowest BCUT2D eigenvalue weighted by Gasteiger charge is -2.16. The highest BCUT2D eigenvalue weighted by atomic mass is 16.3. The monoisotopic (exact) mass is 251 g/mol. The van der Waals surface area contributed by atoms with Crippen molar-refractivity contribution in [2.24, 2.45) is 0 Å². The number of rotatable bonds is 3. The molecule has 0 amide bonds. The minimum Gasteiger partial charge on any atom is -0.508 e. The third kappa shape index (κ3) is 2.85. The second kappa shape index (κ2) is 5.29. The van der Waals surface area contributed by atoms with Gasteiger partial charge in [-0.1, -0.05) is 48.5 Å². The van der Waals surface area contributed by atoms with Crippen LogP contribution in [0.4, 0.5) is 0 Å². The van der Waals surface area contributed by atoms with E-state index in [-0.39, 0.29) is 0 Å². The highest BCUT2D eigenvalue weighted by molar-refractivity contribution is 5.69. The van der Waals surface area contributed by atoms with E-state index in [1.807, 2.05) is 18.2 Å². The van der Waals surface area contributed by atoms with E-state index in [0.717, 1.165) is 25.2 Å². The number of phenolic OH excluding ortho intramolecular Hbond substituents is 1. The van der Waals surface area contributed by atoms with Gasteiger partial charge in [-0.3, -0.25) is 4.90 Å². The molecule has 0 saturated carbocycles. The molecule has 1 heterocycles. The maximum Gasteiger partial charge on any atom is 0.116 e. The molecule has 2 aromatic carbocycles. The second-order valence-corrected chi connectivity index (χ2v) is 4.93. The summed E-state index contributed by atoms with van der Waals surface area (Å²) in [5.74, 6) is 0.333. The third-order valence-electron chi connectivity index (χ3n) is 3.46. The largest absolute Gasteiger partial charge is 0.508 e. The van der Waals surface area contributed by atoms with Crippen molar-refractivity contribution in [2.45, 2.75) is 6.54 Å². The Kier molecular flexibility index (Phi) is 3.34. The van der Waals surface area contributed by atoms with Crippen LogP contribution in [0.1, 0.15) is 11.1 Å². The minimum absolute atomic E-state index is 0.333. The number of hydrogen-bond acceptors (Lipinski definition) is 2. The molecule has 19 heavy (non-hydrogen) atoms. The average Bonchev–Trinajstić information content (AvgIpc) is 2.88. The summed E-state index contributed by atoms with van der Waals surface area (Å²) in [7, 11) is 0. The Morgan fingerprint density at radius 3 is 2.63 bits per heavy atom. The Hall–Kier alpha value is -2.06. The summed E-state index contributed by atoms with van der Waals surface area (Å²) in [5, 5.41) is 9.53. The van der Waals surface area contributed by atoms with Crippen molar-refractivity contribution in [2.75, 3.05) is 13.1 Å². The number of phenols is 1. The molecule has 0 saturated heterocycles. The molecule has 2 nitrogen and oxygen atoms in total. The molecule has 0 aliphatic carbocycles. The van der Waals surface area contributed by atoms with Crippen LogP contribution in [-0.2, 0) is 6.54 Å². The molecule has 1 N–H and O–H groups in total. The van der Waals surface area contributed by atoms with Crippen LogP contribution in [0.25, 0.3) is 5.57 Å². The lowest BCUT2D eigenvalue weighted by molar-refractivity contribution is 0.348. The number of nitrogens with zero attached hydrogens (tertiary/aromatic N) is 1. The Morgan fingerprint density at radius 2 is 1.84 bits per heavy atom. The fraction of sp³-hybridized carbons (Fsp3) is 0.176. The smallest absolute Gasteiger partial charge is 0.116 e. The van der Waals surface area contributed by atoms with Gasteiger partial charge in [-0.25, -0.2) is 0 Å². The summed E-state index contributed by atoms with van der Waals surface area (Å²) in [4.78, 5) is 2.40. The van der Waals surface area contributed by atoms with E-state index < -0.39 is 0 Å². The topological polar surface area (TPSA) is 23.5 Å². The molecule has 0 fully saturated rings. The standard InChI is InChI=1S/C17H17NO/c19-17-8-4-7-15(11-17)16-9-10-18(13-16)12-14-5-2-1-3-6-14/h1-9,11,19H,10,12-13H2. The van der Waals surface area contributed by atoms with Gasteiger partial charge in [-0.05, 0) is 28.8 Å². The highest BCUT2D eigenvalue weighted by Crippen LogP contribution is 2.24. The van der Waals surface area contributed by atoms with Crippen LogP contribution in [0.15, 0.2) is 60.7 Å². The Balaban J connectivity index is 1.67. The molecular weight excluding hydrogens is 234 g/mol. The maximum atomic E-state index is 9.53. The molecule has 0 atom stereocenters. The first kappa shape index (κ1) is 12.0. The second-order valence-electron chi connectivity index (χ2n) is 4.93. The first-order chi connectivity index (χ1) is 9.31. The van der Waals surface area contributed by atoms with Crippen LogP contribution in [0.5, 0.6) is 5.75 Å². The van der Waals surface area contributed by atoms with E-state index in [2.05, 4.69) is 41.3 Å². The maximum absolute atomic E-state index is 9.53. The van der Waals surface area contributed by atoms with Gasteiger partial charge in [0.2, 0.25) is 0 Å². The van der Waals surface area contributed by atoms with Crippen molar-refractivity contribution in [1.82, 2.24) is 4.90 Å². The van der Waals surface area contributed by atoms with Crippen LogP contribution in [0.3, 0.4) is 0 Å².